The standard InChI is InChI=1S/C21H43N11O5S/c22-8-2-1-6-13(30-16(33)12(23)5-3-9-28-20(24)25)17(34)31-14(7-4-10-29-21(26)27)18(35)32-15(11-38)19(36)37/h12-15,38H,1-11,22-23H2,(H,30,33)(H,31,34)(H,32,35)(H,36,37)(H4,24,25,28)(H4,26,27,29). The molecule has 38 heavy (non-hydrogen) atoms. The lowest BCUT2D eigenvalue weighted by Gasteiger charge is -2.25. The van der Waals surface area contributed by atoms with Crippen LogP contribution >= 0.6 is 12.6 Å². The van der Waals surface area contributed by atoms with E-state index >= 15 is 0 Å². The van der Waals surface area contributed by atoms with Gasteiger partial charge in [0.1, 0.15) is 18.1 Å². The number of carbonyl (C=O) groups is 4. The SMILES string of the molecule is NCCCCC(NC(=O)C(N)CCCN=C(N)N)C(=O)NC(CCCN=C(N)N)C(=O)NC(CS)C(=O)O. The molecule has 16 N–H and O–H groups in total. The Bertz CT molecular complexity index is 819. The summed E-state index contributed by atoms with van der Waals surface area (Å²) in [6.07, 6.45) is 2.50. The monoisotopic (exact) mass is 561 g/mol. The van der Waals surface area contributed by atoms with Gasteiger partial charge in [-0.05, 0) is 51.5 Å². The molecule has 0 aliphatic rings. The van der Waals surface area contributed by atoms with Crippen LogP contribution in [0.4, 0.5) is 0 Å². The second-order valence-electron chi connectivity index (χ2n) is 8.49. The molecule has 3 amide bonds. The van der Waals surface area contributed by atoms with E-state index in [9.17, 15) is 24.3 Å². The number of nitrogens with zero attached hydrogens (tertiary/aromatic N) is 2. The molecular weight excluding hydrogens is 518 g/mol. The molecule has 0 radical (unpaired) electrons. The Balaban J connectivity index is 5.48. The summed E-state index contributed by atoms with van der Waals surface area (Å²) in [7, 11) is 0. The van der Waals surface area contributed by atoms with Crippen molar-refractivity contribution in [3.63, 3.8) is 0 Å². The lowest BCUT2D eigenvalue weighted by molar-refractivity contribution is -0.141. The van der Waals surface area contributed by atoms with E-state index in [1.54, 1.807) is 0 Å². The number of aliphatic imine (C=N–C) groups is 2. The van der Waals surface area contributed by atoms with Crippen molar-refractivity contribution in [2.75, 3.05) is 25.4 Å². The van der Waals surface area contributed by atoms with Crippen LogP contribution in [0.25, 0.3) is 0 Å². The first-order valence-corrected chi connectivity index (χ1v) is 12.9. The summed E-state index contributed by atoms with van der Waals surface area (Å²) in [5.41, 5.74) is 32.7. The minimum absolute atomic E-state index is 0.0689. The van der Waals surface area contributed by atoms with Crippen LogP contribution in [0.15, 0.2) is 9.98 Å². The van der Waals surface area contributed by atoms with Crippen molar-refractivity contribution >= 4 is 48.2 Å². The summed E-state index contributed by atoms with van der Waals surface area (Å²) in [6, 6.07) is -4.31. The van der Waals surface area contributed by atoms with E-state index in [2.05, 4.69) is 38.6 Å². The summed E-state index contributed by atoms with van der Waals surface area (Å²) >= 11 is 3.94. The Morgan fingerprint density at radius 1 is 0.711 bits per heavy atom. The highest BCUT2D eigenvalue weighted by Crippen LogP contribution is 2.06. The van der Waals surface area contributed by atoms with Crippen molar-refractivity contribution in [3.05, 3.63) is 0 Å². The smallest absolute Gasteiger partial charge is 0.327 e. The molecule has 17 heteroatoms. The first-order chi connectivity index (χ1) is 17.9. The number of rotatable bonds is 20. The Kier molecular flexibility index (Phi) is 18.0. The van der Waals surface area contributed by atoms with E-state index in [1.807, 2.05) is 0 Å². The number of aliphatic carboxylic acids is 1. The van der Waals surface area contributed by atoms with Crippen LogP contribution in [0.2, 0.25) is 0 Å². The molecular formula is C21H43N11O5S. The summed E-state index contributed by atoms with van der Waals surface area (Å²) < 4.78 is 0. The van der Waals surface area contributed by atoms with E-state index in [0.717, 1.165) is 0 Å². The van der Waals surface area contributed by atoms with Crippen LogP contribution in [0.5, 0.6) is 0 Å². The summed E-state index contributed by atoms with van der Waals surface area (Å²) in [5, 5.41) is 16.8. The number of thiol groups is 1. The number of guanidine groups is 2. The number of carboxylic acids is 1. The number of nitrogens with one attached hydrogen (secondary N) is 3. The van der Waals surface area contributed by atoms with Crippen molar-refractivity contribution < 1.29 is 24.3 Å². The molecule has 0 aromatic rings. The fourth-order valence-electron chi connectivity index (χ4n) is 3.19. The minimum Gasteiger partial charge on any atom is -0.480 e. The first-order valence-electron chi connectivity index (χ1n) is 12.2. The zero-order chi connectivity index (χ0) is 29.1. The third-order valence-electron chi connectivity index (χ3n) is 5.26. The largest absolute Gasteiger partial charge is 0.480 e. The number of carboxylic acid groups (broad SMARTS) is 1. The van der Waals surface area contributed by atoms with Crippen LogP contribution in [-0.2, 0) is 19.2 Å². The minimum atomic E-state index is -1.28. The maximum atomic E-state index is 13.2. The van der Waals surface area contributed by atoms with Gasteiger partial charge < -0.3 is 55.5 Å². The van der Waals surface area contributed by atoms with Crippen LogP contribution in [0.1, 0.15) is 44.9 Å². The molecule has 0 aromatic carbocycles. The van der Waals surface area contributed by atoms with Gasteiger partial charge >= 0.3 is 5.97 Å². The Hall–Kier alpha value is -3.31. The molecule has 0 aromatic heterocycles. The van der Waals surface area contributed by atoms with Crippen LogP contribution < -0.4 is 50.4 Å². The van der Waals surface area contributed by atoms with Gasteiger partial charge in [-0.15, -0.1) is 0 Å². The predicted molar refractivity (Wildman–Crippen MR) is 148 cm³/mol. The molecule has 0 fully saturated rings. The van der Waals surface area contributed by atoms with Gasteiger partial charge in [-0.25, -0.2) is 4.79 Å². The fraction of sp³-hybridized carbons (Fsp3) is 0.714. The summed E-state index contributed by atoms with van der Waals surface area (Å²) in [6.45, 7) is 0.870. The Labute approximate surface area is 227 Å². The number of hydrogen-bond acceptors (Lipinski definition) is 9. The van der Waals surface area contributed by atoms with Crippen molar-refractivity contribution in [2.24, 2.45) is 44.4 Å². The van der Waals surface area contributed by atoms with Crippen molar-refractivity contribution in [1.82, 2.24) is 16.0 Å². The topological polar surface area (TPSA) is 305 Å². The lowest BCUT2D eigenvalue weighted by Crippen LogP contribution is -2.57. The van der Waals surface area contributed by atoms with Gasteiger partial charge in [0.25, 0.3) is 0 Å². The van der Waals surface area contributed by atoms with Crippen molar-refractivity contribution in [2.45, 2.75) is 69.1 Å². The zero-order valence-electron chi connectivity index (χ0n) is 21.5. The summed E-state index contributed by atoms with van der Waals surface area (Å²) in [4.78, 5) is 57.6. The van der Waals surface area contributed by atoms with E-state index in [4.69, 9.17) is 34.4 Å². The molecule has 0 aliphatic heterocycles. The highest BCUT2D eigenvalue weighted by molar-refractivity contribution is 7.80. The van der Waals surface area contributed by atoms with E-state index in [1.165, 1.54) is 0 Å². The number of unbranched alkanes of at least 4 members (excludes halogenated alkanes) is 1. The predicted octanol–water partition coefficient (Wildman–Crippen LogP) is -3.98. The van der Waals surface area contributed by atoms with Crippen LogP contribution in [-0.4, -0.2) is 90.3 Å². The van der Waals surface area contributed by atoms with Gasteiger partial charge in [0.15, 0.2) is 11.9 Å². The maximum Gasteiger partial charge on any atom is 0.327 e. The van der Waals surface area contributed by atoms with Crippen molar-refractivity contribution in [3.8, 4) is 0 Å². The Morgan fingerprint density at radius 2 is 1.16 bits per heavy atom. The summed E-state index contributed by atoms with van der Waals surface area (Å²) in [5.74, 6) is -3.56. The number of nitrogens with two attached hydrogens (primary N) is 6. The van der Waals surface area contributed by atoms with Crippen LogP contribution in [0, 0.1) is 0 Å². The molecule has 0 aliphatic carbocycles. The van der Waals surface area contributed by atoms with Gasteiger partial charge in [0.2, 0.25) is 17.7 Å². The highest BCUT2D eigenvalue weighted by Gasteiger charge is 2.29. The number of amides is 3. The van der Waals surface area contributed by atoms with Gasteiger partial charge in [-0.2, -0.15) is 12.6 Å². The molecule has 0 heterocycles. The van der Waals surface area contributed by atoms with Crippen molar-refractivity contribution in [1.29, 1.82) is 0 Å². The van der Waals surface area contributed by atoms with Gasteiger partial charge in [-0.1, -0.05) is 0 Å². The lowest BCUT2D eigenvalue weighted by atomic mass is 10.0. The van der Waals surface area contributed by atoms with Crippen LogP contribution in [0.3, 0.4) is 0 Å². The normalized spacial score (nSPS) is 13.8. The zero-order valence-corrected chi connectivity index (χ0v) is 22.4. The second-order valence-corrected chi connectivity index (χ2v) is 8.86. The molecule has 218 valence electrons. The van der Waals surface area contributed by atoms with E-state index < -0.39 is 47.9 Å². The molecule has 16 nitrogen and oxygen atoms in total. The molecule has 0 rings (SSSR count). The number of hydrogen-bond donors (Lipinski definition) is 11. The average Bonchev–Trinajstić information content (AvgIpc) is 2.85. The Morgan fingerprint density at radius 3 is 1.61 bits per heavy atom. The average molecular weight is 562 g/mol. The molecule has 0 spiro atoms. The highest BCUT2D eigenvalue weighted by atomic mass is 32.1. The third-order valence-corrected chi connectivity index (χ3v) is 5.62. The van der Waals surface area contributed by atoms with E-state index in [-0.39, 0.29) is 43.5 Å². The number of carbonyl (C=O) groups excluding carboxylic acids is 3. The van der Waals surface area contributed by atoms with Gasteiger partial charge in [0.05, 0.1) is 6.04 Å². The maximum absolute atomic E-state index is 13.2. The molecule has 4 unspecified atom stereocenters. The molecule has 0 saturated carbocycles. The van der Waals surface area contributed by atoms with Gasteiger partial charge in [0, 0.05) is 18.8 Å². The molecule has 0 saturated heterocycles. The quantitative estimate of drug-likeness (QED) is 0.0294. The van der Waals surface area contributed by atoms with Gasteiger partial charge in [-0.3, -0.25) is 24.4 Å². The third kappa shape index (κ3) is 15.7. The first kappa shape index (κ1) is 34.7. The molecule has 4 atom stereocenters. The molecule has 0 bridgehead atoms. The van der Waals surface area contributed by atoms with E-state index in [0.29, 0.717) is 38.8 Å². The second kappa shape index (κ2) is 19.8. The fourth-order valence-corrected chi connectivity index (χ4v) is 3.44.